The van der Waals surface area contributed by atoms with E-state index in [0.29, 0.717) is 16.8 Å². The number of carbonyl (C=O) groups is 1. The van der Waals surface area contributed by atoms with Crippen molar-refractivity contribution in [3.63, 3.8) is 0 Å². The lowest BCUT2D eigenvalue weighted by Crippen LogP contribution is -2.07. The Morgan fingerprint density at radius 3 is 2.45 bits per heavy atom. The van der Waals surface area contributed by atoms with Crippen molar-refractivity contribution in [3.05, 3.63) is 59.7 Å². The molecule has 0 aliphatic heterocycles. The SMILES string of the molecule is CC(=O)Nc1ccc(S(=O)(=O)Cc2cccc(C#N)c2)cc1. The Kier molecular flexibility index (Phi) is 4.59. The van der Waals surface area contributed by atoms with Crippen molar-refractivity contribution in [2.45, 2.75) is 17.6 Å². The molecule has 0 atom stereocenters. The Morgan fingerprint density at radius 2 is 1.86 bits per heavy atom. The average molecular weight is 314 g/mol. The highest BCUT2D eigenvalue weighted by molar-refractivity contribution is 7.90. The Bertz CT molecular complexity index is 834. The van der Waals surface area contributed by atoms with Gasteiger partial charge in [0.1, 0.15) is 0 Å². The van der Waals surface area contributed by atoms with Crippen LogP contribution < -0.4 is 5.32 Å². The van der Waals surface area contributed by atoms with Crippen molar-refractivity contribution >= 4 is 21.4 Å². The summed E-state index contributed by atoms with van der Waals surface area (Å²) in [5.74, 6) is -0.397. The van der Waals surface area contributed by atoms with E-state index in [2.05, 4.69) is 5.32 Å². The number of nitrogens with zero attached hydrogens (tertiary/aromatic N) is 1. The van der Waals surface area contributed by atoms with Gasteiger partial charge in [-0.15, -0.1) is 0 Å². The molecule has 0 saturated heterocycles. The molecule has 0 aliphatic carbocycles. The van der Waals surface area contributed by atoms with Crippen LogP contribution in [0.3, 0.4) is 0 Å². The number of hydrogen-bond acceptors (Lipinski definition) is 4. The summed E-state index contributed by atoms with van der Waals surface area (Å²) in [7, 11) is -3.51. The van der Waals surface area contributed by atoms with Gasteiger partial charge >= 0.3 is 0 Å². The van der Waals surface area contributed by atoms with Crippen LogP contribution in [0.5, 0.6) is 0 Å². The number of carbonyl (C=O) groups excluding carboxylic acids is 1. The van der Waals surface area contributed by atoms with Crippen molar-refractivity contribution in [3.8, 4) is 6.07 Å². The van der Waals surface area contributed by atoms with Gasteiger partial charge in [0.15, 0.2) is 9.84 Å². The fraction of sp³-hybridized carbons (Fsp3) is 0.125. The predicted molar refractivity (Wildman–Crippen MR) is 82.8 cm³/mol. The number of benzene rings is 2. The van der Waals surface area contributed by atoms with Gasteiger partial charge in [0.05, 0.1) is 22.3 Å². The maximum absolute atomic E-state index is 12.4. The van der Waals surface area contributed by atoms with E-state index in [4.69, 9.17) is 5.26 Å². The number of nitrogens with one attached hydrogen (secondary N) is 1. The van der Waals surface area contributed by atoms with Gasteiger partial charge in [0, 0.05) is 12.6 Å². The minimum absolute atomic E-state index is 0.170. The van der Waals surface area contributed by atoms with Gasteiger partial charge in [0.25, 0.3) is 0 Å². The van der Waals surface area contributed by atoms with E-state index in [1.54, 1.807) is 36.4 Å². The minimum atomic E-state index is -3.51. The maximum atomic E-state index is 12.4. The highest BCUT2D eigenvalue weighted by atomic mass is 32.2. The molecule has 112 valence electrons. The van der Waals surface area contributed by atoms with Gasteiger partial charge in [0.2, 0.25) is 5.91 Å². The molecule has 6 heteroatoms. The van der Waals surface area contributed by atoms with E-state index >= 15 is 0 Å². The number of hydrogen-bond donors (Lipinski definition) is 1. The second-order valence-electron chi connectivity index (χ2n) is 4.78. The molecule has 2 aromatic rings. The smallest absolute Gasteiger partial charge is 0.221 e. The van der Waals surface area contributed by atoms with Crippen LogP contribution >= 0.6 is 0 Å². The summed E-state index contributed by atoms with van der Waals surface area (Å²) in [5, 5.41) is 11.4. The summed E-state index contributed by atoms with van der Waals surface area (Å²) in [5.41, 5.74) is 1.52. The number of rotatable bonds is 4. The first-order valence-corrected chi connectivity index (χ1v) is 8.15. The third kappa shape index (κ3) is 3.93. The molecule has 1 N–H and O–H groups in total. The first kappa shape index (κ1) is 15.7. The molecule has 0 aliphatic rings. The molecule has 2 rings (SSSR count). The second kappa shape index (κ2) is 6.41. The molecule has 0 unspecified atom stereocenters. The van der Waals surface area contributed by atoms with Crippen molar-refractivity contribution < 1.29 is 13.2 Å². The van der Waals surface area contributed by atoms with Gasteiger partial charge in [-0.25, -0.2) is 8.42 Å². The monoisotopic (exact) mass is 314 g/mol. The first-order valence-electron chi connectivity index (χ1n) is 6.50. The fourth-order valence-corrected chi connectivity index (χ4v) is 3.32. The van der Waals surface area contributed by atoms with E-state index in [1.165, 1.54) is 19.1 Å². The van der Waals surface area contributed by atoms with Crippen molar-refractivity contribution in [2.75, 3.05) is 5.32 Å². The summed E-state index contributed by atoms with van der Waals surface area (Å²) in [6, 6.07) is 14.5. The average Bonchev–Trinajstić information content (AvgIpc) is 2.47. The molecule has 2 aromatic carbocycles. The van der Waals surface area contributed by atoms with E-state index in [9.17, 15) is 13.2 Å². The molecular formula is C16H14N2O3S. The van der Waals surface area contributed by atoms with Gasteiger partial charge < -0.3 is 5.32 Å². The predicted octanol–water partition coefficient (Wildman–Crippen LogP) is 2.49. The van der Waals surface area contributed by atoms with Gasteiger partial charge in [-0.05, 0) is 42.0 Å². The van der Waals surface area contributed by atoms with Gasteiger partial charge in [-0.3, -0.25) is 4.79 Å². The normalized spacial score (nSPS) is 10.7. The van der Waals surface area contributed by atoms with Crippen molar-refractivity contribution in [1.82, 2.24) is 0 Å². The van der Waals surface area contributed by atoms with Crippen LogP contribution in [0.4, 0.5) is 5.69 Å². The Labute approximate surface area is 129 Å². The van der Waals surface area contributed by atoms with Crippen molar-refractivity contribution in [1.29, 1.82) is 5.26 Å². The van der Waals surface area contributed by atoms with Crippen LogP contribution in [0.15, 0.2) is 53.4 Å². The third-order valence-corrected chi connectivity index (χ3v) is 4.65. The summed E-state index contributed by atoms with van der Waals surface area (Å²) < 4.78 is 24.7. The first-order chi connectivity index (χ1) is 10.4. The highest BCUT2D eigenvalue weighted by Crippen LogP contribution is 2.19. The summed E-state index contributed by atoms with van der Waals surface area (Å²) in [6.07, 6.45) is 0. The molecule has 5 nitrogen and oxygen atoms in total. The van der Waals surface area contributed by atoms with Crippen LogP contribution in [0.1, 0.15) is 18.1 Å². The highest BCUT2D eigenvalue weighted by Gasteiger charge is 2.15. The van der Waals surface area contributed by atoms with Crippen LogP contribution in [0.25, 0.3) is 0 Å². The molecule has 1 amide bonds. The van der Waals surface area contributed by atoms with Gasteiger partial charge in [-0.1, -0.05) is 12.1 Å². The zero-order valence-corrected chi connectivity index (χ0v) is 12.7. The number of amides is 1. The summed E-state index contributed by atoms with van der Waals surface area (Å²) in [4.78, 5) is 11.1. The minimum Gasteiger partial charge on any atom is -0.326 e. The lowest BCUT2D eigenvalue weighted by atomic mass is 10.2. The van der Waals surface area contributed by atoms with E-state index < -0.39 is 9.84 Å². The van der Waals surface area contributed by atoms with Crippen LogP contribution in [0.2, 0.25) is 0 Å². The lowest BCUT2D eigenvalue weighted by molar-refractivity contribution is -0.114. The Balaban J connectivity index is 2.23. The quantitative estimate of drug-likeness (QED) is 0.939. The van der Waals surface area contributed by atoms with Gasteiger partial charge in [-0.2, -0.15) is 5.26 Å². The molecule has 0 aromatic heterocycles. The van der Waals surface area contributed by atoms with E-state index in [0.717, 1.165) is 0 Å². The molecule has 0 radical (unpaired) electrons. The molecule has 0 fully saturated rings. The molecule has 0 heterocycles. The maximum Gasteiger partial charge on any atom is 0.221 e. The Morgan fingerprint density at radius 1 is 1.18 bits per heavy atom. The number of nitriles is 1. The van der Waals surface area contributed by atoms with E-state index in [1.807, 2.05) is 6.07 Å². The summed E-state index contributed by atoms with van der Waals surface area (Å²) in [6.45, 7) is 1.38. The largest absolute Gasteiger partial charge is 0.326 e. The molecule has 22 heavy (non-hydrogen) atoms. The fourth-order valence-electron chi connectivity index (χ4n) is 1.98. The zero-order valence-electron chi connectivity index (χ0n) is 11.9. The molecule has 0 bridgehead atoms. The molecule has 0 spiro atoms. The standard InChI is InChI=1S/C16H14N2O3S/c1-12(19)18-15-5-7-16(8-6-15)22(20,21)11-14-4-2-3-13(9-14)10-17/h2-9H,11H2,1H3,(H,18,19). The summed E-state index contributed by atoms with van der Waals surface area (Å²) >= 11 is 0. The zero-order chi connectivity index (χ0) is 16.2. The van der Waals surface area contributed by atoms with Crippen molar-refractivity contribution in [2.24, 2.45) is 0 Å². The van der Waals surface area contributed by atoms with Crippen LogP contribution in [0, 0.1) is 11.3 Å². The topological polar surface area (TPSA) is 87.0 Å². The molecule has 0 saturated carbocycles. The number of anilines is 1. The van der Waals surface area contributed by atoms with Crippen LogP contribution in [-0.2, 0) is 20.4 Å². The van der Waals surface area contributed by atoms with Crippen LogP contribution in [-0.4, -0.2) is 14.3 Å². The lowest BCUT2D eigenvalue weighted by Gasteiger charge is -2.07. The third-order valence-electron chi connectivity index (χ3n) is 2.95. The van der Waals surface area contributed by atoms with E-state index in [-0.39, 0.29) is 16.6 Å². The second-order valence-corrected chi connectivity index (χ2v) is 6.77. The Hall–Kier alpha value is -2.65. The molecular weight excluding hydrogens is 300 g/mol. The number of sulfone groups is 1.